The van der Waals surface area contributed by atoms with E-state index in [1.165, 1.54) is 0 Å². The van der Waals surface area contributed by atoms with Crippen LogP contribution in [0.15, 0.2) is 36.5 Å². The van der Waals surface area contributed by atoms with Crippen molar-refractivity contribution in [2.45, 2.75) is 26.4 Å². The Bertz CT molecular complexity index is 505. The fourth-order valence-electron chi connectivity index (χ4n) is 1.66. The lowest BCUT2D eigenvalue weighted by Gasteiger charge is -2.06. The van der Waals surface area contributed by atoms with Crippen LogP contribution < -0.4 is 10.1 Å². The van der Waals surface area contributed by atoms with Crippen molar-refractivity contribution in [3.8, 4) is 11.4 Å². The summed E-state index contributed by atoms with van der Waals surface area (Å²) in [6.45, 7) is 5.03. The second-order valence-corrected chi connectivity index (χ2v) is 4.49. The van der Waals surface area contributed by atoms with Crippen molar-refractivity contribution < 1.29 is 4.74 Å². The van der Waals surface area contributed by atoms with Crippen LogP contribution in [0.2, 0.25) is 0 Å². The first-order valence-electron chi connectivity index (χ1n) is 6.11. The first kappa shape index (κ1) is 12.6. The smallest absolute Gasteiger partial charge is 0.121 e. The number of aromatic nitrogens is 2. The molecule has 0 spiro atoms. The van der Waals surface area contributed by atoms with Crippen molar-refractivity contribution in [2.24, 2.45) is 0 Å². The van der Waals surface area contributed by atoms with Gasteiger partial charge in [-0.05, 0) is 18.2 Å². The maximum Gasteiger partial charge on any atom is 0.121 e. The van der Waals surface area contributed by atoms with E-state index in [0.717, 1.165) is 23.7 Å². The van der Waals surface area contributed by atoms with Crippen molar-refractivity contribution in [3.05, 3.63) is 42.2 Å². The van der Waals surface area contributed by atoms with Crippen LogP contribution >= 0.6 is 0 Å². The number of nitrogens with zero attached hydrogens (tertiary/aromatic N) is 2. The Morgan fingerprint density at radius 2 is 2.17 bits per heavy atom. The molecule has 0 saturated carbocycles. The van der Waals surface area contributed by atoms with Crippen LogP contribution in [0.4, 0.5) is 0 Å². The van der Waals surface area contributed by atoms with Gasteiger partial charge in [-0.3, -0.25) is 0 Å². The van der Waals surface area contributed by atoms with Gasteiger partial charge in [0.15, 0.2) is 0 Å². The normalized spacial score (nSPS) is 10.9. The molecule has 1 heterocycles. The SMILES string of the molecule is COc1cccc(-n2ccc(CNC(C)C)n2)c1. The first-order valence-corrected chi connectivity index (χ1v) is 6.11. The molecule has 0 unspecified atom stereocenters. The molecule has 4 heteroatoms. The fraction of sp³-hybridized carbons (Fsp3) is 0.357. The molecular formula is C14H19N3O. The topological polar surface area (TPSA) is 39.1 Å². The van der Waals surface area contributed by atoms with Crippen molar-refractivity contribution in [3.63, 3.8) is 0 Å². The van der Waals surface area contributed by atoms with E-state index in [4.69, 9.17) is 4.74 Å². The summed E-state index contributed by atoms with van der Waals surface area (Å²) < 4.78 is 7.07. The van der Waals surface area contributed by atoms with Gasteiger partial charge in [-0.15, -0.1) is 0 Å². The Morgan fingerprint density at radius 3 is 2.89 bits per heavy atom. The molecule has 18 heavy (non-hydrogen) atoms. The van der Waals surface area contributed by atoms with E-state index in [-0.39, 0.29) is 0 Å². The monoisotopic (exact) mass is 245 g/mol. The molecule has 0 bridgehead atoms. The summed E-state index contributed by atoms with van der Waals surface area (Å²) in [5.74, 6) is 0.838. The highest BCUT2D eigenvalue weighted by molar-refractivity contribution is 5.38. The third-order valence-electron chi connectivity index (χ3n) is 2.65. The van der Waals surface area contributed by atoms with Crippen LogP contribution in [0.1, 0.15) is 19.5 Å². The molecule has 4 nitrogen and oxygen atoms in total. The van der Waals surface area contributed by atoms with Gasteiger partial charge in [0.25, 0.3) is 0 Å². The fourth-order valence-corrected chi connectivity index (χ4v) is 1.66. The van der Waals surface area contributed by atoms with Gasteiger partial charge in [0.1, 0.15) is 5.75 Å². The van der Waals surface area contributed by atoms with Crippen LogP contribution in [-0.4, -0.2) is 22.9 Å². The number of methoxy groups -OCH3 is 1. The zero-order chi connectivity index (χ0) is 13.0. The second-order valence-electron chi connectivity index (χ2n) is 4.49. The Morgan fingerprint density at radius 1 is 1.33 bits per heavy atom. The molecule has 0 atom stereocenters. The van der Waals surface area contributed by atoms with Gasteiger partial charge in [-0.25, -0.2) is 4.68 Å². The van der Waals surface area contributed by atoms with E-state index in [9.17, 15) is 0 Å². The summed E-state index contributed by atoms with van der Waals surface area (Å²) in [5.41, 5.74) is 2.04. The third kappa shape index (κ3) is 3.11. The summed E-state index contributed by atoms with van der Waals surface area (Å²) in [6.07, 6.45) is 1.96. The molecular weight excluding hydrogens is 226 g/mol. The van der Waals surface area contributed by atoms with Crippen LogP contribution in [0, 0.1) is 0 Å². The molecule has 0 aliphatic carbocycles. The highest BCUT2D eigenvalue weighted by Gasteiger charge is 2.03. The van der Waals surface area contributed by atoms with Gasteiger partial charge in [-0.1, -0.05) is 19.9 Å². The molecule has 0 amide bonds. The van der Waals surface area contributed by atoms with Crippen LogP contribution in [0.3, 0.4) is 0 Å². The largest absolute Gasteiger partial charge is 0.497 e. The quantitative estimate of drug-likeness (QED) is 0.879. The van der Waals surface area contributed by atoms with Crippen LogP contribution in [0.25, 0.3) is 5.69 Å². The molecule has 0 radical (unpaired) electrons. The lowest BCUT2D eigenvalue weighted by molar-refractivity contribution is 0.414. The average molecular weight is 245 g/mol. The molecule has 0 aliphatic rings. The first-order chi connectivity index (χ1) is 8.69. The average Bonchev–Trinajstić information content (AvgIpc) is 2.85. The number of hydrogen-bond acceptors (Lipinski definition) is 3. The minimum Gasteiger partial charge on any atom is -0.497 e. The minimum absolute atomic E-state index is 0.465. The summed E-state index contributed by atoms with van der Waals surface area (Å²) in [4.78, 5) is 0. The van der Waals surface area contributed by atoms with Crippen molar-refractivity contribution in [2.75, 3.05) is 7.11 Å². The van der Waals surface area contributed by atoms with E-state index >= 15 is 0 Å². The lowest BCUT2D eigenvalue weighted by Crippen LogP contribution is -2.22. The molecule has 2 rings (SSSR count). The number of hydrogen-bond donors (Lipinski definition) is 1. The van der Waals surface area contributed by atoms with E-state index in [1.807, 2.05) is 41.2 Å². The predicted octanol–water partition coefficient (Wildman–Crippen LogP) is 2.38. The molecule has 0 fully saturated rings. The Balaban J connectivity index is 2.13. The highest BCUT2D eigenvalue weighted by Crippen LogP contribution is 2.15. The second kappa shape index (κ2) is 5.69. The van der Waals surface area contributed by atoms with Gasteiger partial charge in [0, 0.05) is 24.8 Å². The van der Waals surface area contributed by atoms with Gasteiger partial charge >= 0.3 is 0 Å². The summed E-state index contributed by atoms with van der Waals surface area (Å²) in [5, 5.41) is 7.88. The molecule has 96 valence electrons. The van der Waals surface area contributed by atoms with Gasteiger partial charge in [0.2, 0.25) is 0 Å². The number of ether oxygens (including phenoxy) is 1. The Kier molecular flexibility index (Phi) is 3.99. The van der Waals surface area contributed by atoms with E-state index < -0.39 is 0 Å². The van der Waals surface area contributed by atoms with Crippen molar-refractivity contribution >= 4 is 0 Å². The van der Waals surface area contributed by atoms with E-state index in [0.29, 0.717) is 6.04 Å². The van der Waals surface area contributed by atoms with Crippen molar-refractivity contribution in [1.82, 2.24) is 15.1 Å². The molecule has 0 aliphatic heterocycles. The highest BCUT2D eigenvalue weighted by atomic mass is 16.5. The zero-order valence-corrected chi connectivity index (χ0v) is 11.1. The van der Waals surface area contributed by atoms with Crippen LogP contribution in [-0.2, 0) is 6.54 Å². The van der Waals surface area contributed by atoms with Crippen LogP contribution in [0.5, 0.6) is 5.75 Å². The van der Waals surface area contributed by atoms with Gasteiger partial charge in [-0.2, -0.15) is 5.10 Å². The Labute approximate surface area is 108 Å². The number of rotatable bonds is 5. The predicted molar refractivity (Wildman–Crippen MR) is 72.1 cm³/mol. The number of benzene rings is 1. The summed E-state index contributed by atoms with van der Waals surface area (Å²) >= 11 is 0. The molecule has 1 aromatic carbocycles. The minimum atomic E-state index is 0.465. The molecule has 1 aromatic heterocycles. The third-order valence-corrected chi connectivity index (χ3v) is 2.65. The Hall–Kier alpha value is -1.81. The number of nitrogens with one attached hydrogen (secondary N) is 1. The molecule has 1 N–H and O–H groups in total. The van der Waals surface area contributed by atoms with Gasteiger partial charge < -0.3 is 10.1 Å². The molecule has 2 aromatic rings. The van der Waals surface area contributed by atoms with E-state index in [2.05, 4.69) is 24.3 Å². The zero-order valence-electron chi connectivity index (χ0n) is 11.1. The maximum atomic E-state index is 5.21. The maximum absolute atomic E-state index is 5.21. The molecule has 0 saturated heterocycles. The summed E-state index contributed by atoms with van der Waals surface area (Å²) in [6, 6.07) is 10.3. The lowest BCUT2D eigenvalue weighted by atomic mass is 10.3. The summed E-state index contributed by atoms with van der Waals surface area (Å²) in [7, 11) is 1.67. The van der Waals surface area contributed by atoms with Crippen molar-refractivity contribution in [1.29, 1.82) is 0 Å². The van der Waals surface area contributed by atoms with E-state index in [1.54, 1.807) is 7.11 Å². The van der Waals surface area contributed by atoms with Gasteiger partial charge in [0.05, 0.1) is 18.5 Å². The standard InChI is InChI=1S/C14H19N3O/c1-11(2)15-10-12-7-8-17(16-12)13-5-4-6-14(9-13)18-3/h4-9,11,15H,10H2,1-3H3.